The smallest absolute Gasteiger partial charge is 0.268 e. The highest BCUT2D eigenvalue weighted by Gasteiger charge is 2.36. The Hall–Kier alpha value is -2.53. The van der Waals surface area contributed by atoms with Crippen LogP contribution in [0.5, 0.6) is 0 Å². The van der Waals surface area contributed by atoms with Crippen molar-refractivity contribution in [3.05, 3.63) is 98.4 Å². The molecule has 0 atom stereocenters. The first-order valence-corrected chi connectivity index (χ1v) is 12.0. The lowest BCUT2D eigenvalue weighted by molar-refractivity contribution is -0.113. The van der Waals surface area contributed by atoms with Gasteiger partial charge in [-0.05, 0) is 65.6 Å². The number of aryl methyl sites for hydroxylation is 2. The average Bonchev–Trinajstić information content (AvgIpc) is 3.11. The molecule has 0 bridgehead atoms. The number of hydrogen-bond donors (Lipinski definition) is 0. The molecule has 0 saturated carbocycles. The summed E-state index contributed by atoms with van der Waals surface area (Å²) in [4.78, 5) is 20.8. The van der Waals surface area contributed by atoms with E-state index >= 15 is 0 Å². The summed E-state index contributed by atoms with van der Waals surface area (Å²) in [5, 5.41) is 1.51. The molecule has 1 amide bonds. The number of rotatable bonds is 5. The first-order valence-electron chi connectivity index (χ1n) is 10.5. The molecule has 162 valence electrons. The van der Waals surface area contributed by atoms with E-state index in [4.69, 9.17) is 28.2 Å². The van der Waals surface area contributed by atoms with Crippen molar-refractivity contribution in [3.63, 3.8) is 0 Å². The Morgan fingerprint density at radius 1 is 0.906 bits per heavy atom. The Balaban J connectivity index is 1.86. The number of hydrogen-bond acceptors (Lipinski definition) is 3. The maximum absolute atomic E-state index is 13.6. The summed E-state index contributed by atoms with van der Waals surface area (Å²) in [5.41, 5.74) is 4.63. The largest absolute Gasteiger partial charge is 0.271 e. The van der Waals surface area contributed by atoms with Crippen molar-refractivity contribution in [3.8, 4) is 0 Å². The Morgan fingerprint density at radius 2 is 1.59 bits per heavy atom. The van der Waals surface area contributed by atoms with Gasteiger partial charge in [-0.25, -0.2) is 4.99 Å². The van der Waals surface area contributed by atoms with Crippen molar-refractivity contribution < 1.29 is 4.79 Å². The molecule has 0 aromatic heterocycles. The zero-order valence-electron chi connectivity index (χ0n) is 17.8. The highest BCUT2D eigenvalue weighted by Crippen LogP contribution is 2.40. The molecule has 3 aromatic rings. The highest BCUT2D eigenvalue weighted by atomic mass is 35.5. The SMILES string of the molecule is CCc1ccccc1N=C1SC(=Cc2cccc(Cl)c2Cl)C(=O)N1c1ccccc1CC. The van der Waals surface area contributed by atoms with Gasteiger partial charge in [-0.15, -0.1) is 0 Å². The van der Waals surface area contributed by atoms with Crippen molar-refractivity contribution in [2.75, 3.05) is 4.90 Å². The Bertz CT molecular complexity index is 1240. The molecule has 1 heterocycles. The van der Waals surface area contributed by atoms with Gasteiger partial charge in [0.1, 0.15) is 0 Å². The van der Waals surface area contributed by atoms with E-state index in [1.807, 2.05) is 54.6 Å². The number of para-hydroxylation sites is 2. The van der Waals surface area contributed by atoms with Crippen LogP contribution < -0.4 is 4.90 Å². The van der Waals surface area contributed by atoms with Crippen molar-refractivity contribution >= 4 is 63.5 Å². The van der Waals surface area contributed by atoms with E-state index in [9.17, 15) is 4.79 Å². The summed E-state index contributed by atoms with van der Waals surface area (Å²) in [6.45, 7) is 4.18. The standard InChI is InChI=1S/C26H22Cl2N2OS/c1-3-17-10-5-7-14-21(17)29-26-30(22-15-8-6-11-18(22)4-2)25(31)23(32-26)16-19-12-9-13-20(27)24(19)28/h5-16H,3-4H2,1-2H3. The van der Waals surface area contributed by atoms with Gasteiger partial charge in [0.15, 0.2) is 5.17 Å². The van der Waals surface area contributed by atoms with E-state index in [2.05, 4.69) is 19.9 Å². The van der Waals surface area contributed by atoms with Gasteiger partial charge in [0.05, 0.1) is 26.3 Å². The van der Waals surface area contributed by atoms with Gasteiger partial charge < -0.3 is 0 Å². The third-order valence-electron chi connectivity index (χ3n) is 5.28. The maximum Gasteiger partial charge on any atom is 0.271 e. The number of anilines is 1. The number of amidine groups is 1. The summed E-state index contributed by atoms with van der Waals surface area (Å²) in [7, 11) is 0. The van der Waals surface area contributed by atoms with Crippen molar-refractivity contribution in [2.45, 2.75) is 26.7 Å². The number of carbonyl (C=O) groups is 1. The molecule has 0 spiro atoms. The second-order valence-electron chi connectivity index (χ2n) is 7.25. The van der Waals surface area contributed by atoms with Crippen LogP contribution in [0.25, 0.3) is 6.08 Å². The monoisotopic (exact) mass is 480 g/mol. The number of nitrogens with zero attached hydrogens (tertiary/aromatic N) is 2. The molecule has 0 aliphatic carbocycles. The predicted octanol–water partition coefficient (Wildman–Crippen LogP) is 7.93. The number of thioether (sulfide) groups is 1. The van der Waals surface area contributed by atoms with E-state index in [-0.39, 0.29) is 5.91 Å². The van der Waals surface area contributed by atoms with E-state index in [0.717, 1.165) is 35.3 Å². The van der Waals surface area contributed by atoms with Gasteiger partial charge in [0, 0.05) is 0 Å². The predicted molar refractivity (Wildman–Crippen MR) is 138 cm³/mol. The average molecular weight is 481 g/mol. The second kappa shape index (κ2) is 9.95. The lowest BCUT2D eigenvalue weighted by atomic mass is 10.1. The van der Waals surface area contributed by atoms with Gasteiger partial charge in [0.2, 0.25) is 0 Å². The van der Waals surface area contributed by atoms with Crippen molar-refractivity contribution in [2.24, 2.45) is 4.99 Å². The van der Waals surface area contributed by atoms with Crippen LogP contribution in [0.4, 0.5) is 11.4 Å². The molecule has 32 heavy (non-hydrogen) atoms. The fourth-order valence-corrected chi connectivity index (χ4v) is 4.92. The van der Waals surface area contributed by atoms with Crippen LogP contribution in [0.3, 0.4) is 0 Å². The van der Waals surface area contributed by atoms with Gasteiger partial charge in [-0.2, -0.15) is 0 Å². The van der Waals surface area contributed by atoms with E-state index in [1.54, 1.807) is 17.0 Å². The number of carbonyl (C=O) groups excluding carboxylic acids is 1. The zero-order chi connectivity index (χ0) is 22.7. The number of amides is 1. The summed E-state index contributed by atoms with van der Waals surface area (Å²) in [6, 6.07) is 21.4. The van der Waals surface area contributed by atoms with Gasteiger partial charge in [-0.3, -0.25) is 9.69 Å². The van der Waals surface area contributed by atoms with Crippen LogP contribution in [-0.4, -0.2) is 11.1 Å². The third kappa shape index (κ3) is 4.49. The molecule has 4 rings (SSSR count). The fourth-order valence-electron chi connectivity index (χ4n) is 3.58. The number of benzene rings is 3. The van der Waals surface area contributed by atoms with Crippen LogP contribution in [0.2, 0.25) is 10.0 Å². The lowest BCUT2D eigenvalue weighted by Crippen LogP contribution is -2.29. The minimum Gasteiger partial charge on any atom is -0.268 e. The topological polar surface area (TPSA) is 32.7 Å². The fraction of sp³-hybridized carbons (Fsp3) is 0.154. The van der Waals surface area contributed by atoms with Crippen molar-refractivity contribution in [1.29, 1.82) is 0 Å². The summed E-state index contributed by atoms with van der Waals surface area (Å²) < 4.78 is 0. The Morgan fingerprint density at radius 3 is 2.34 bits per heavy atom. The van der Waals surface area contributed by atoms with Crippen LogP contribution >= 0.6 is 35.0 Å². The van der Waals surface area contributed by atoms with Crippen LogP contribution in [0.15, 0.2) is 76.6 Å². The Labute approximate surface area is 202 Å². The zero-order valence-corrected chi connectivity index (χ0v) is 20.1. The first kappa shape index (κ1) is 22.7. The summed E-state index contributed by atoms with van der Waals surface area (Å²) in [5.74, 6) is -0.125. The molecule has 0 radical (unpaired) electrons. The van der Waals surface area contributed by atoms with Crippen molar-refractivity contribution in [1.82, 2.24) is 0 Å². The minimum atomic E-state index is -0.125. The van der Waals surface area contributed by atoms with Crippen LogP contribution in [0.1, 0.15) is 30.5 Å². The molecular weight excluding hydrogens is 459 g/mol. The molecule has 1 aliphatic rings. The van der Waals surface area contributed by atoms with Crippen LogP contribution in [0, 0.1) is 0 Å². The highest BCUT2D eigenvalue weighted by molar-refractivity contribution is 8.19. The number of aliphatic imine (C=N–C) groups is 1. The summed E-state index contributed by atoms with van der Waals surface area (Å²) >= 11 is 13.9. The maximum atomic E-state index is 13.6. The van der Waals surface area contributed by atoms with Gasteiger partial charge >= 0.3 is 0 Å². The van der Waals surface area contributed by atoms with Gasteiger partial charge in [-0.1, -0.05) is 85.6 Å². The Kier molecular flexibility index (Phi) is 7.04. The molecule has 0 N–H and O–H groups in total. The van der Waals surface area contributed by atoms with Gasteiger partial charge in [0.25, 0.3) is 5.91 Å². The molecule has 3 nitrogen and oxygen atoms in total. The molecule has 1 saturated heterocycles. The molecule has 0 unspecified atom stereocenters. The molecule has 6 heteroatoms. The third-order valence-corrected chi connectivity index (χ3v) is 7.08. The van der Waals surface area contributed by atoms with Crippen LogP contribution in [-0.2, 0) is 17.6 Å². The normalized spacial score (nSPS) is 16.4. The molecule has 1 fully saturated rings. The minimum absolute atomic E-state index is 0.125. The first-order chi connectivity index (χ1) is 15.5. The molecular formula is C26H22Cl2N2OS. The summed E-state index contributed by atoms with van der Waals surface area (Å²) in [6.07, 6.45) is 3.46. The van der Waals surface area contributed by atoms with E-state index in [1.165, 1.54) is 11.8 Å². The molecule has 1 aliphatic heterocycles. The second-order valence-corrected chi connectivity index (χ2v) is 9.05. The molecule has 3 aromatic carbocycles. The van der Waals surface area contributed by atoms with E-state index in [0.29, 0.717) is 25.7 Å². The van der Waals surface area contributed by atoms with E-state index < -0.39 is 0 Å². The quantitative estimate of drug-likeness (QED) is 0.347. The number of halogens is 2. The lowest BCUT2D eigenvalue weighted by Gasteiger charge is -2.19.